The van der Waals surface area contributed by atoms with Crippen molar-refractivity contribution < 1.29 is 26.1 Å². The van der Waals surface area contributed by atoms with Gasteiger partial charge >= 0.3 is 5.69 Å². The quantitative estimate of drug-likeness (QED) is 0.386. The molecule has 1 aromatic carbocycles. The number of nitro groups is 1. The lowest BCUT2D eigenvalue weighted by atomic mass is 10.2. The number of terminal acetylenes is 1. The lowest BCUT2D eigenvalue weighted by Gasteiger charge is -2.33. The Balaban J connectivity index is 2.25. The minimum absolute atomic E-state index is 0.0174. The van der Waals surface area contributed by atoms with Gasteiger partial charge in [0.25, 0.3) is 10.2 Å². The molecular weight excluding hydrogens is 403 g/mol. The molecule has 1 fully saturated rings. The zero-order chi connectivity index (χ0) is 20.4. The molecule has 1 aliphatic heterocycles. The number of sulfonamides is 1. The smallest absolute Gasteiger partial charge is 0.258 e. The Bertz CT molecular complexity index is 995. The largest absolute Gasteiger partial charge is 0.306 e. The highest BCUT2D eigenvalue weighted by Crippen LogP contribution is 2.28. The first-order valence-corrected chi connectivity index (χ1v) is 10.5. The van der Waals surface area contributed by atoms with Crippen molar-refractivity contribution in [2.75, 3.05) is 32.7 Å². The predicted molar refractivity (Wildman–Crippen MR) is 93.9 cm³/mol. The molecule has 10 nitrogen and oxygen atoms in total. The first-order valence-electron chi connectivity index (χ1n) is 7.63. The lowest BCUT2D eigenvalue weighted by molar-refractivity contribution is -0.387. The molecule has 0 saturated carbocycles. The van der Waals surface area contributed by atoms with Crippen LogP contribution in [0.3, 0.4) is 0 Å². The first kappa shape index (κ1) is 21.2. The number of nitrogens with one attached hydrogen (secondary N) is 1. The minimum Gasteiger partial charge on any atom is -0.258 e. The number of piperazine rings is 1. The molecular formula is C14H17FN4O6S2. The number of hydrogen-bond donors (Lipinski definition) is 1. The molecule has 1 heterocycles. The normalized spacial score (nSPS) is 16.8. The number of nitro benzene ring substituents is 1. The highest BCUT2D eigenvalue weighted by Gasteiger charge is 2.34. The number of nitrogens with zero attached hydrogens (tertiary/aromatic N) is 3. The van der Waals surface area contributed by atoms with E-state index in [-0.39, 0.29) is 38.3 Å². The molecule has 0 atom stereocenters. The minimum atomic E-state index is -4.16. The molecule has 2 rings (SSSR count). The number of rotatable bonds is 6. The standard InChI is InChI=1S/C14H17FN4O6S2/c1-3-4-16-27(24,25)18-7-5-17(6-8-18)26(22,23)14-10-13(19(20)21)12(15)9-11(14)2/h1,9-10,16H,4-8H2,2H3. The second kappa shape index (κ2) is 7.87. The predicted octanol–water partition coefficient (Wildman–Crippen LogP) is -0.184. The highest BCUT2D eigenvalue weighted by molar-refractivity contribution is 7.89. The molecule has 148 valence electrons. The third kappa shape index (κ3) is 4.42. The van der Waals surface area contributed by atoms with Gasteiger partial charge in [0.2, 0.25) is 15.8 Å². The highest BCUT2D eigenvalue weighted by atomic mass is 32.2. The molecule has 1 saturated heterocycles. The van der Waals surface area contributed by atoms with E-state index in [4.69, 9.17) is 6.42 Å². The van der Waals surface area contributed by atoms with Gasteiger partial charge in [0.05, 0.1) is 16.4 Å². The Morgan fingerprint density at radius 3 is 2.30 bits per heavy atom. The molecule has 0 aromatic heterocycles. The molecule has 0 bridgehead atoms. The van der Waals surface area contributed by atoms with Gasteiger partial charge in [-0.25, -0.2) is 8.42 Å². The molecule has 0 spiro atoms. The maximum Gasteiger partial charge on any atom is 0.306 e. The van der Waals surface area contributed by atoms with Crippen molar-refractivity contribution in [1.29, 1.82) is 0 Å². The second-order valence-corrected chi connectivity index (χ2v) is 9.32. The summed E-state index contributed by atoms with van der Waals surface area (Å²) in [4.78, 5) is 9.50. The van der Waals surface area contributed by atoms with Gasteiger partial charge in [-0.15, -0.1) is 6.42 Å². The average molecular weight is 420 g/mol. The van der Waals surface area contributed by atoms with Gasteiger partial charge < -0.3 is 0 Å². The van der Waals surface area contributed by atoms with E-state index >= 15 is 0 Å². The van der Waals surface area contributed by atoms with Gasteiger partial charge in [0, 0.05) is 32.2 Å². The van der Waals surface area contributed by atoms with Crippen molar-refractivity contribution in [2.45, 2.75) is 11.8 Å². The second-order valence-electron chi connectivity index (χ2n) is 5.66. The Morgan fingerprint density at radius 2 is 1.78 bits per heavy atom. The van der Waals surface area contributed by atoms with Crippen LogP contribution >= 0.6 is 0 Å². The van der Waals surface area contributed by atoms with Crippen molar-refractivity contribution in [2.24, 2.45) is 0 Å². The van der Waals surface area contributed by atoms with Crippen LogP contribution in [0, 0.1) is 35.2 Å². The van der Waals surface area contributed by atoms with Crippen LogP contribution in [0.15, 0.2) is 17.0 Å². The zero-order valence-corrected chi connectivity index (χ0v) is 15.9. The molecule has 27 heavy (non-hydrogen) atoms. The molecule has 1 N–H and O–H groups in total. The Labute approximate surface area is 156 Å². The fourth-order valence-corrected chi connectivity index (χ4v) is 5.31. The van der Waals surface area contributed by atoms with Gasteiger partial charge in [-0.05, 0) is 18.6 Å². The molecule has 0 unspecified atom stereocenters. The van der Waals surface area contributed by atoms with E-state index in [0.29, 0.717) is 6.07 Å². The maximum atomic E-state index is 13.7. The zero-order valence-electron chi connectivity index (χ0n) is 14.3. The number of hydrogen-bond acceptors (Lipinski definition) is 6. The van der Waals surface area contributed by atoms with Crippen LogP contribution < -0.4 is 4.72 Å². The Kier molecular flexibility index (Phi) is 6.17. The van der Waals surface area contributed by atoms with Crippen LogP contribution in [-0.2, 0) is 20.2 Å². The van der Waals surface area contributed by atoms with Crippen molar-refractivity contribution >= 4 is 25.9 Å². The van der Waals surface area contributed by atoms with Gasteiger partial charge in [-0.2, -0.15) is 26.1 Å². The monoisotopic (exact) mass is 420 g/mol. The van der Waals surface area contributed by atoms with Crippen LogP contribution in [0.1, 0.15) is 5.56 Å². The maximum absolute atomic E-state index is 13.7. The number of aryl methyl sites for hydroxylation is 1. The summed E-state index contributed by atoms with van der Waals surface area (Å²) >= 11 is 0. The van der Waals surface area contributed by atoms with E-state index in [0.717, 1.165) is 14.7 Å². The molecule has 1 aromatic rings. The van der Waals surface area contributed by atoms with Crippen LogP contribution in [0.2, 0.25) is 0 Å². The first-order chi connectivity index (χ1) is 12.5. The topological polar surface area (TPSA) is 130 Å². The van der Waals surface area contributed by atoms with Gasteiger partial charge in [0.15, 0.2) is 0 Å². The summed E-state index contributed by atoms with van der Waals surface area (Å²) in [5.74, 6) is 1.00. The summed E-state index contributed by atoms with van der Waals surface area (Å²) in [5, 5.41) is 10.9. The van der Waals surface area contributed by atoms with Crippen LogP contribution in [0.25, 0.3) is 0 Å². The SMILES string of the molecule is C#CCNS(=O)(=O)N1CCN(S(=O)(=O)c2cc([N+](=O)[O-])c(F)cc2C)CC1. The molecule has 0 radical (unpaired) electrons. The van der Waals surface area contributed by atoms with E-state index in [1.165, 1.54) is 6.92 Å². The fourth-order valence-electron chi connectivity index (χ4n) is 2.57. The Morgan fingerprint density at radius 1 is 1.22 bits per heavy atom. The van der Waals surface area contributed by atoms with Crippen molar-refractivity contribution in [3.63, 3.8) is 0 Å². The summed E-state index contributed by atoms with van der Waals surface area (Å²) in [6.07, 6.45) is 5.01. The molecule has 13 heteroatoms. The summed E-state index contributed by atoms with van der Waals surface area (Å²) in [6.45, 7) is 0.556. The molecule has 1 aliphatic rings. The van der Waals surface area contributed by atoms with Crippen LogP contribution in [-0.4, -0.2) is 63.1 Å². The van der Waals surface area contributed by atoms with E-state index < -0.39 is 41.6 Å². The average Bonchev–Trinajstić information content (AvgIpc) is 2.59. The fraction of sp³-hybridized carbons (Fsp3) is 0.429. The summed E-state index contributed by atoms with van der Waals surface area (Å²) in [6, 6.07) is 1.47. The third-order valence-corrected chi connectivity index (χ3v) is 7.55. The Hall–Kier alpha value is -2.11. The van der Waals surface area contributed by atoms with E-state index in [2.05, 4.69) is 10.6 Å². The van der Waals surface area contributed by atoms with Crippen molar-refractivity contribution in [1.82, 2.24) is 13.3 Å². The van der Waals surface area contributed by atoms with Gasteiger partial charge in [-0.1, -0.05) is 5.92 Å². The van der Waals surface area contributed by atoms with Gasteiger partial charge in [0.1, 0.15) is 0 Å². The van der Waals surface area contributed by atoms with Crippen molar-refractivity contribution in [3.8, 4) is 12.3 Å². The van der Waals surface area contributed by atoms with Crippen LogP contribution in [0.4, 0.5) is 10.1 Å². The third-order valence-electron chi connectivity index (χ3n) is 3.95. The summed E-state index contributed by atoms with van der Waals surface area (Å²) in [5.41, 5.74) is -0.928. The molecule has 0 aliphatic carbocycles. The van der Waals surface area contributed by atoms with E-state index in [9.17, 15) is 31.3 Å². The van der Waals surface area contributed by atoms with Gasteiger partial charge in [-0.3, -0.25) is 10.1 Å². The number of halogens is 1. The van der Waals surface area contributed by atoms with E-state index in [1.807, 2.05) is 0 Å². The molecule has 0 amide bonds. The number of benzene rings is 1. The summed E-state index contributed by atoms with van der Waals surface area (Å²) in [7, 11) is -7.99. The van der Waals surface area contributed by atoms with E-state index in [1.54, 1.807) is 0 Å². The van der Waals surface area contributed by atoms with Crippen LogP contribution in [0.5, 0.6) is 0 Å². The van der Waals surface area contributed by atoms with Crippen molar-refractivity contribution in [3.05, 3.63) is 33.6 Å². The lowest BCUT2D eigenvalue weighted by Crippen LogP contribution is -2.53. The summed E-state index contributed by atoms with van der Waals surface area (Å²) < 4.78 is 67.5.